The molecule has 2 aromatic rings. The number of hydrogen-bond donors (Lipinski definition) is 1. The van der Waals surface area contributed by atoms with Crippen molar-refractivity contribution >= 4 is 50.7 Å². The summed E-state index contributed by atoms with van der Waals surface area (Å²) in [5, 5.41) is 3.81. The van der Waals surface area contributed by atoms with Crippen LogP contribution in [0.4, 0.5) is 5.69 Å². The molecule has 0 unspecified atom stereocenters. The number of rotatable bonds is 10. The van der Waals surface area contributed by atoms with Gasteiger partial charge in [0, 0.05) is 12.6 Å². The molecule has 37 heavy (non-hydrogen) atoms. The van der Waals surface area contributed by atoms with Crippen LogP contribution in [0.3, 0.4) is 0 Å². The minimum absolute atomic E-state index is 0.0801. The Labute approximate surface area is 230 Å². The minimum Gasteiger partial charge on any atom is -0.352 e. The molecule has 2 aromatic carbocycles. The molecule has 0 aliphatic heterocycles. The first kappa shape index (κ1) is 29.3. The Morgan fingerprint density at radius 1 is 1.05 bits per heavy atom. The molecule has 1 N–H and O–H groups in total. The fraction of sp³-hybridized carbons (Fsp3) is 0.481. The lowest BCUT2D eigenvalue weighted by Gasteiger charge is -2.33. The van der Waals surface area contributed by atoms with Crippen LogP contribution in [-0.2, 0) is 26.2 Å². The number of hydrogen-bond acceptors (Lipinski definition) is 4. The largest absolute Gasteiger partial charge is 0.352 e. The van der Waals surface area contributed by atoms with E-state index >= 15 is 0 Å². The van der Waals surface area contributed by atoms with Crippen molar-refractivity contribution in [1.82, 2.24) is 10.2 Å². The van der Waals surface area contributed by atoms with Crippen molar-refractivity contribution in [3.8, 4) is 0 Å². The number of amides is 2. The molecule has 0 bridgehead atoms. The number of halogens is 2. The van der Waals surface area contributed by atoms with E-state index in [1.165, 1.54) is 4.90 Å². The van der Waals surface area contributed by atoms with Crippen LogP contribution >= 0.6 is 23.2 Å². The normalized spacial score (nSPS) is 14.9. The summed E-state index contributed by atoms with van der Waals surface area (Å²) in [6.07, 6.45) is 5.40. The highest BCUT2D eigenvalue weighted by molar-refractivity contribution is 7.92. The van der Waals surface area contributed by atoms with Crippen LogP contribution in [0.2, 0.25) is 10.0 Å². The quantitative estimate of drug-likeness (QED) is 0.425. The number of nitrogens with zero attached hydrogens (tertiary/aromatic N) is 2. The van der Waals surface area contributed by atoms with Crippen LogP contribution in [0.5, 0.6) is 0 Å². The second-order valence-corrected chi connectivity index (χ2v) is 12.5. The average molecular weight is 569 g/mol. The lowest BCUT2D eigenvalue weighted by Crippen LogP contribution is -2.53. The van der Waals surface area contributed by atoms with Crippen LogP contribution in [0, 0.1) is 13.8 Å². The molecule has 1 fully saturated rings. The average Bonchev–Trinajstić information content (AvgIpc) is 3.33. The third-order valence-electron chi connectivity index (χ3n) is 6.74. The Bertz CT molecular complexity index is 1250. The summed E-state index contributed by atoms with van der Waals surface area (Å²) < 4.78 is 26.8. The summed E-state index contributed by atoms with van der Waals surface area (Å²) in [6.45, 7) is 5.15. The highest BCUT2D eigenvalue weighted by atomic mass is 35.5. The van der Waals surface area contributed by atoms with Gasteiger partial charge in [-0.2, -0.15) is 0 Å². The molecule has 0 spiro atoms. The Hall–Kier alpha value is -2.29. The second kappa shape index (κ2) is 12.5. The van der Waals surface area contributed by atoms with E-state index in [4.69, 9.17) is 23.2 Å². The van der Waals surface area contributed by atoms with Crippen molar-refractivity contribution in [2.75, 3.05) is 17.1 Å². The van der Waals surface area contributed by atoms with Gasteiger partial charge in [-0.15, -0.1) is 0 Å². The topological polar surface area (TPSA) is 86.8 Å². The van der Waals surface area contributed by atoms with E-state index in [0.29, 0.717) is 27.7 Å². The zero-order chi connectivity index (χ0) is 27.3. The van der Waals surface area contributed by atoms with Crippen molar-refractivity contribution in [3.05, 3.63) is 63.1 Å². The number of anilines is 1. The van der Waals surface area contributed by atoms with Gasteiger partial charge in [0.2, 0.25) is 21.8 Å². The van der Waals surface area contributed by atoms with Crippen molar-refractivity contribution in [1.29, 1.82) is 0 Å². The molecular weight excluding hydrogens is 533 g/mol. The lowest BCUT2D eigenvalue weighted by atomic mass is 10.1. The van der Waals surface area contributed by atoms with Crippen LogP contribution in [-0.4, -0.2) is 50.0 Å². The fourth-order valence-corrected chi connectivity index (χ4v) is 5.92. The Morgan fingerprint density at radius 3 is 2.32 bits per heavy atom. The van der Waals surface area contributed by atoms with E-state index in [0.717, 1.165) is 47.4 Å². The molecule has 10 heteroatoms. The molecule has 1 aliphatic carbocycles. The maximum Gasteiger partial charge on any atom is 0.244 e. The van der Waals surface area contributed by atoms with E-state index in [-0.39, 0.29) is 18.5 Å². The number of nitrogens with one attached hydrogen (secondary N) is 1. The van der Waals surface area contributed by atoms with Crippen molar-refractivity contribution < 1.29 is 18.0 Å². The lowest BCUT2D eigenvalue weighted by molar-refractivity contribution is -0.140. The molecule has 1 atom stereocenters. The number of benzene rings is 2. The third-order valence-corrected chi connectivity index (χ3v) is 8.60. The summed E-state index contributed by atoms with van der Waals surface area (Å²) >= 11 is 12.3. The molecule has 202 valence electrons. The summed E-state index contributed by atoms with van der Waals surface area (Å²) in [5.41, 5.74) is 2.73. The number of aryl methyl sites for hydroxylation is 2. The van der Waals surface area contributed by atoms with Gasteiger partial charge < -0.3 is 10.2 Å². The summed E-state index contributed by atoms with van der Waals surface area (Å²) in [4.78, 5) is 28.7. The summed E-state index contributed by atoms with van der Waals surface area (Å²) in [6, 6.07) is 9.81. The van der Waals surface area contributed by atoms with Crippen molar-refractivity contribution in [2.45, 2.75) is 71.5 Å². The number of sulfonamides is 1. The van der Waals surface area contributed by atoms with Gasteiger partial charge in [0.1, 0.15) is 12.6 Å². The van der Waals surface area contributed by atoms with Gasteiger partial charge in [-0.05, 0) is 68.0 Å². The first-order valence-electron chi connectivity index (χ1n) is 12.5. The molecule has 0 radical (unpaired) electrons. The van der Waals surface area contributed by atoms with E-state index in [1.807, 2.05) is 26.0 Å². The second-order valence-electron chi connectivity index (χ2n) is 9.74. The predicted molar refractivity (Wildman–Crippen MR) is 150 cm³/mol. The smallest absolute Gasteiger partial charge is 0.244 e. The monoisotopic (exact) mass is 567 g/mol. The zero-order valence-electron chi connectivity index (χ0n) is 21.8. The number of carbonyl (C=O) groups excluding carboxylic acids is 2. The molecule has 1 saturated carbocycles. The van der Waals surface area contributed by atoms with Crippen LogP contribution in [0.1, 0.15) is 55.7 Å². The van der Waals surface area contributed by atoms with Gasteiger partial charge in [0.05, 0.1) is 22.0 Å². The van der Waals surface area contributed by atoms with Crippen LogP contribution in [0.15, 0.2) is 36.4 Å². The van der Waals surface area contributed by atoms with Gasteiger partial charge >= 0.3 is 0 Å². The van der Waals surface area contributed by atoms with Gasteiger partial charge in [0.25, 0.3) is 0 Å². The van der Waals surface area contributed by atoms with Gasteiger partial charge in [0.15, 0.2) is 0 Å². The Morgan fingerprint density at radius 2 is 1.73 bits per heavy atom. The molecular formula is C27H35Cl2N3O4S. The van der Waals surface area contributed by atoms with E-state index in [2.05, 4.69) is 5.32 Å². The van der Waals surface area contributed by atoms with Gasteiger partial charge in [-0.25, -0.2) is 8.42 Å². The Balaban J connectivity index is 1.97. The molecule has 1 aliphatic rings. The standard InChI is InChI=1S/C27H35Cl2N3O4S/c1-5-24(27(34)30-21-8-6-7-9-21)31(16-20-12-13-22(28)23(29)15-20)26(33)17-32(37(4,35)36)25-14-18(2)10-11-19(25)3/h10-15,21,24H,5-9,16-17H2,1-4H3,(H,30,34)/t24-/m0/s1. The molecule has 3 rings (SSSR count). The minimum atomic E-state index is -3.80. The van der Waals surface area contributed by atoms with E-state index < -0.39 is 28.5 Å². The summed E-state index contributed by atoms with van der Waals surface area (Å²) in [5.74, 6) is -0.716. The SMILES string of the molecule is CC[C@@H](C(=O)NC1CCCC1)N(Cc1ccc(Cl)c(Cl)c1)C(=O)CN(c1cc(C)ccc1C)S(C)(=O)=O. The molecule has 0 saturated heterocycles. The zero-order valence-corrected chi connectivity index (χ0v) is 24.1. The maximum atomic E-state index is 13.8. The fourth-order valence-electron chi connectivity index (χ4n) is 4.70. The molecule has 7 nitrogen and oxygen atoms in total. The van der Waals surface area contributed by atoms with E-state index in [9.17, 15) is 18.0 Å². The molecule has 0 aromatic heterocycles. The summed E-state index contributed by atoms with van der Waals surface area (Å²) in [7, 11) is -3.80. The van der Waals surface area contributed by atoms with Crippen LogP contribution < -0.4 is 9.62 Å². The van der Waals surface area contributed by atoms with Crippen LogP contribution in [0.25, 0.3) is 0 Å². The molecule has 0 heterocycles. The Kier molecular flexibility index (Phi) is 9.89. The van der Waals surface area contributed by atoms with Crippen molar-refractivity contribution in [2.24, 2.45) is 0 Å². The van der Waals surface area contributed by atoms with Gasteiger partial charge in [-0.1, -0.05) is 61.2 Å². The maximum absolute atomic E-state index is 13.8. The molecule has 2 amide bonds. The number of carbonyl (C=O) groups is 2. The highest BCUT2D eigenvalue weighted by Crippen LogP contribution is 2.27. The van der Waals surface area contributed by atoms with Gasteiger partial charge in [-0.3, -0.25) is 13.9 Å². The third kappa shape index (κ3) is 7.62. The first-order chi connectivity index (χ1) is 17.4. The highest BCUT2D eigenvalue weighted by Gasteiger charge is 2.33. The van der Waals surface area contributed by atoms with Crippen molar-refractivity contribution in [3.63, 3.8) is 0 Å². The predicted octanol–water partition coefficient (Wildman–Crippen LogP) is 5.24. The first-order valence-corrected chi connectivity index (χ1v) is 15.1. The van der Waals surface area contributed by atoms with E-state index in [1.54, 1.807) is 31.2 Å².